The van der Waals surface area contributed by atoms with E-state index in [0.717, 1.165) is 74.6 Å². The molecule has 8 heteroatoms. The van der Waals surface area contributed by atoms with Gasteiger partial charge >= 0.3 is 0 Å². The summed E-state index contributed by atoms with van der Waals surface area (Å²) in [5.41, 5.74) is 9.86. The van der Waals surface area contributed by atoms with Crippen LogP contribution in [0.25, 0.3) is 33.2 Å². The molecule has 0 saturated carbocycles. The van der Waals surface area contributed by atoms with E-state index in [2.05, 4.69) is 73.3 Å². The van der Waals surface area contributed by atoms with Crippen LogP contribution in [0.1, 0.15) is 81.1 Å². The number of Topliss-reactive ketones (excluding diaryl/α,β-unsaturated/α-hetero) is 1. The lowest BCUT2D eigenvalue weighted by molar-refractivity contribution is -0.121. The zero-order chi connectivity index (χ0) is 32.8. The van der Waals surface area contributed by atoms with Crippen molar-refractivity contribution in [3.63, 3.8) is 0 Å². The zero-order valence-electron chi connectivity index (χ0n) is 27.8. The summed E-state index contributed by atoms with van der Waals surface area (Å²) in [6, 6.07) is 20.2. The third kappa shape index (κ3) is 6.21. The van der Waals surface area contributed by atoms with E-state index < -0.39 is 0 Å². The molecule has 2 aliphatic rings. The quantitative estimate of drug-likeness (QED) is 0.200. The zero-order valence-corrected chi connectivity index (χ0v) is 27.8. The SMILES string of the molecule is COc1c2nc(cc3cc(-c4ccc(C(=O)NCCC(=O)C(C)C)cc4)c(cc4nc(cc5ccc1[nH]5)C(C)(C)C4)[nH]3)C(C)(C)C2. The Bertz CT molecular complexity index is 1980. The first-order valence-corrected chi connectivity index (χ1v) is 16.0. The average molecular weight is 618 g/mol. The number of methoxy groups -OCH3 is 1. The molecular formula is C38H43N5O3. The molecule has 1 aromatic carbocycles. The number of fused-ring (bicyclic) bond motifs is 8. The first kappa shape index (κ1) is 31.3. The number of hydrogen-bond donors (Lipinski definition) is 3. The number of ketones is 1. The number of aromatic amines is 2. The van der Waals surface area contributed by atoms with Gasteiger partial charge in [-0.3, -0.25) is 19.6 Å². The first-order chi connectivity index (χ1) is 21.8. The number of rotatable bonds is 7. The third-order valence-corrected chi connectivity index (χ3v) is 9.08. The van der Waals surface area contributed by atoms with E-state index in [1.165, 1.54) is 0 Å². The summed E-state index contributed by atoms with van der Waals surface area (Å²) in [6.07, 6.45) is 1.88. The van der Waals surface area contributed by atoms with Crippen LogP contribution in [-0.2, 0) is 28.5 Å². The van der Waals surface area contributed by atoms with Gasteiger partial charge in [0.2, 0.25) is 0 Å². The van der Waals surface area contributed by atoms with E-state index in [1.54, 1.807) is 7.11 Å². The van der Waals surface area contributed by atoms with E-state index in [9.17, 15) is 9.59 Å². The van der Waals surface area contributed by atoms with Gasteiger partial charge in [-0.2, -0.15) is 0 Å². The summed E-state index contributed by atoms with van der Waals surface area (Å²) in [4.78, 5) is 42.1. The predicted octanol–water partition coefficient (Wildman–Crippen LogP) is 7.38. The van der Waals surface area contributed by atoms with Gasteiger partial charge in [-0.15, -0.1) is 0 Å². The number of nitrogens with one attached hydrogen (secondary N) is 3. The van der Waals surface area contributed by atoms with Crippen LogP contribution in [0.3, 0.4) is 0 Å². The average Bonchev–Trinajstić information content (AvgIpc) is 3.75. The summed E-state index contributed by atoms with van der Waals surface area (Å²) >= 11 is 0. The van der Waals surface area contributed by atoms with Gasteiger partial charge in [0.1, 0.15) is 5.78 Å². The van der Waals surface area contributed by atoms with Crippen molar-refractivity contribution in [2.24, 2.45) is 5.92 Å². The van der Waals surface area contributed by atoms with Crippen molar-refractivity contribution in [2.75, 3.05) is 13.7 Å². The highest BCUT2D eigenvalue weighted by Gasteiger charge is 2.31. The second-order valence-electron chi connectivity index (χ2n) is 14.1. The summed E-state index contributed by atoms with van der Waals surface area (Å²) in [5.74, 6) is 0.667. The number of aromatic nitrogens is 4. The number of benzene rings is 1. The minimum absolute atomic E-state index is 0.0360. The molecule has 0 atom stereocenters. The predicted molar refractivity (Wildman–Crippen MR) is 183 cm³/mol. The molecule has 6 rings (SSSR count). The minimum Gasteiger partial charge on any atom is -0.493 e. The van der Waals surface area contributed by atoms with Crippen LogP contribution in [0.5, 0.6) is 5.75 Å². The molecule has 46 heavy (non-hydrogen) atoms. The lowest BCUT2D eigenvalue weighted by Crippen LogP contribution is -2.26. The number of H-pyrrole nitrogens is 2. The Morgan fingerprint density at radius 3 is 2.24 bits per heavy atom. The maximum atomic E-state index is 12.8. The molecule has 3 aromatic heterocycles. The molecule has 0 unspecified atom stereocenters. The normalized spacial score (nSPS) is 15.1. The molecule has 0 saturated heterocycles. The number of nitrogens with zero attached hydrogens (tertiary/aromatic N) is 2. The second-order valence-corrected chi connectivity index (χ2v) is 14.1. The number of amides is 1. The minimum atomic E-state index is -0.193. The molecule has 2 aliphatic heterocycles. The van der Waals surface area contributed by atoms with E-state index >= 15 is 0 Å². The highest BCUT2D eigenvalue weighted by Crippen LogP contribution is 2.37. The highest BCUT2D eigenvalue weighted by molar-refractivity contribution is 5.95. The standard InChI is InChI=1S/C38H43N5O3/c1-22(2)32(44)14-15-39-36(45)24-10-8-23(9-11-24)28-16-26-19-34-38(5,6)21-31(43-34)35(46-7)29-13-12-25(40-29)18-33-37(3,4)20-27(42-33)17-30(28)41-26/h8-13,16-19,22,40-41H,14-15,20-21H2,1-7H3,(H,39,45). The van der Waals surface area contributed by atoms with Crippen molar-refractivity contribution in [1.29, 1.82) is 0 Å². The molecule has 3 N–H and O–H groups in total. The largest absolute Gasteiger partial charge is 0.493 e. The van der Waals surface area contributed by atoms with Gasteiger partial charge in [-0.05, 0) is 54.1 Å². The van der Waals surface area contributed by atoms with Crippen LogP contribution < -0.4 is 10.1 Å². The van der Waals surface area contributed by atoms with Crippen molar-refractivity contribution in [1.82, 2.24) is 25.3 Å². The molecular weight excluding hydrogens is 574 g/mol. The van der Waals surface area contributed by atoms with Crippen molar-refractivity contribution in [3.05, 3.63) is 89.0 Å². The fourth-order valence-corrected chi connectivity index (χ4v) is 6.29. The molecule has 5 heterocycles. The fraction of sp³-hybridized carbons (Fsp3) is 0.368. The maximum absolute atomic E-state index is 12.8. The molecule has 0 fully saturated rings. The second kappa shape index (κ2) is 11.9. The monoisotopic (exact) mass is 617 g/mol. The summed E-state index contributed by atoms with van der Waals surface area (Å²) in [5, 5.41) is 2.87. The molecule has 0 spiro atoms. The smallest absolute Gasteiger partial charge is 0.251 e. The van der Waals surface area contributed by atoms with Crippen LogP contribution in [0.4, 0.5) is 0 Å². The van der Waals surface area contributed by atoms with Crippen LogP contribution in [-0.4, -0.2) is 45.3 Å². The van der Waals surface area contributed by atoms with Gasteiger partial charge in [0.25, 0.3) is 5.91 Å². The Kier molecular flexibility index (Phi) is 8.09. The van der Waals surface area contributed by atoms with Crippen LogP contribution in [0.2, 0.25) is 0 Å². The summed E-state index contributed by atoms with van der Waals surface area (Å²) in [6.45, 7) is 12.9. The number of ether oxygens (including phenoxy) is 1. The number of hydrogen-bond acceptors (Lipinski definition) is 5. The van der Waals surface area contributed by atoms with Gasteiger partial charge in [-0.25, -0.2) is 0 Å². The number of carbonyl (C=O) groups is 2. The van der Waals surface area contributed by atoms with Gasteiger partial charge in [0.05, 0.1) is 18.3 Å². The lowest BCUT2D eigenvalue weighted by atomic mass is 9.87. The van der Waals surface area contributed by atoms with Crippen molar-refractivity contribution in [2.45, 2.75) is 71.6 Å². The molecule has 8 nitrogen and oxygen atoms in total. The Morgan fingerprint density at radius 1 is 0.848 bits per heavy atom. The molecule has 1 amide bonds. The van der Waals surface area contributed by atoms with Crippen molar-refractivity contribution in [3.8, 4) is 16.9 Å². The topological polar surface area (TPSA) is 113 Å². The molecule has 0 aliphatic carbocycles. The van der Waals surface area contributed by atoms with Gasteiger partial charge in [0.15, 0.2) is 5.75 Å². The van der Waals surface area contributed by atoms with Gasteiger partial charge in [-0.1, -0.05) is 53.7 Å². The Labute approximate surface area is 270 Å². The fourth-order valence-electron chi connectivity index (χ4n) is 6.29. The maximum Gasteiger partial charge on any atom is 0.251 e. The molecule has 238 valence electrons. The summed E-state index contributed by atoms with van der Waals surface area (Å²) in [7, 11) is 1.70. The van der Waals surface area contributed by atoms with Crippen molar-refractivity contribution >= 4 is 33.8 Å². The molecule has 8 bridgehead atoms. The Morgan fingerprint density at radius 2 is 1.52 bits per heavy atom. The van der Waals surface area contributed by atoms with E-state index in [1.807, 2.05) is 44.2 Å². The summed E-state index contributed by atoms with van der Waals surface area (Å²) < 4.78 is 5.92. The van der Waals surface area contributed by atoms with Crippen molar-refractivity contribution < 1.29 is 14.3 Å². The lowest BCUT2D eigenvalue weighted by Gasteiger charge is -2.16. The third-order valence-electron chi connectivity index (χ3n) is 9.08. The van der Waals surface area contributed by atoms with E-state index in [4.69, 9.17) is 14.7 Å². The molecule has 0 radical (unpaired) electrons. The molecule has 4 aromatic rings. The van der Waals surface area contributed by atoms with Crippen LogP contribution in [0, 0.1) is 5.92 Å². The van der Waals surface area contributed by atoms with Gasteiger partial charge in [0, 0.05) is 87.3 Å². The van der Waals surface area contributed by atoms with E-state index in [0.29, 0.717) is 18.5 Å². The Balaban J connectivity index is 1.48. The Hall–Kier alpha value is -4.72. The number of carbonyl (C=O) groups excluding carboxylic acids is 2. The highest BCUT2D eigenvalue weighted by atomic mass is 16.5. The van der Waals surface area contributed by atoms with E-state index in [-0.39, 0.29) is 28.4 Å². The van der Waals surface area contributed by atoms with Crippen LogP contribution in [0.15, 0.2) is 60.7 Å². The first-order valence-electron chi connectivity index (χ1n) is 16.0. The van der Waals surface area contributed by atoms with Crippen LogP contribution >= 0.6 is 0 Å². The van der Waals surface area contributed by atoms with Gasteiger partial charge < -0.3 is 20.0 Å².